The van der Waals surface area contributed by atoms with Gasteiger partial charge in [0.2, 0.25) is 0 Å². The number of hydrogen-bond donors (Lipinski definition) is 1. The second kappa shape index (κ2) is 14.3. The number of hydrogen-bond acceptors (Lipinski definition) is 1. The Morgan fingerprint density at radius 2 is 1.33 bits per heavy atom. The molecule has 0 unspecified atom stereocenters. The average Bonchev–Trinajstić information content (AvgIpc) is 2.59. The predicted molar refractivity (Wildman–Crippen MR) is 105 cm³/mol. The number of nitrogens with one attached hydrogen (secondary N) is 1. The Bertz CT molecular complexity index is 447. The predicted octanol–water partition coefficient (Wildman–Crippen LogP) is 6.77. The molecule has 2 nitrogen and oxygen atoms in total. The first-order chi connectivity index (χ1) is 11.8. The molecule has 0 saturated carbocycles. The fraction of sp³-hybridized carbons (Fsp3) is 0.667. The van der Waals surface area contributed by atoms with Crippen molar-refractivity contribution in [3.05, 3.63) is 34.9 Å². The van der Waals surface area contributed by atoms with E-state index >= 15 is 0 Å². The van der Waals surface area contributed by atoms with E-state index in [4.69, 9.17) is 11.6 Å². The second-order valence-electron chi connectivity index (χ2n) is 6.62. The van der Waals surface area contributed by atoms with Crippen LogP contribution in [-0.2, 0) is 0 Å². The van der Waals surface area contributed by atoms with E-state index in [-0.39, 0.29) is 5.91 Å². The van der Waals surface area contributed by atoms with Crippen LogP contribution in [0.25, 0.3) is 0 Å². The zero-order valence-corrected chi connectivity index (χ0v) is 16.0. The number of benzene rings is 1. The number of halogens is 1. The van der Waals surface area contributed by atoms with Gasteiger partial charge in [-0.3, -0.25) is 4.79 Å². The number of rotatable bonds is 14. The fourth-order valence-corrected chi connectivity index (χ4v) is 3.13. The zero-order chi connectivity index (χ0) is 17.5. The van der Waals surface area contributed by atoms with E-state index in [1.165, 1.54) is 70.6 Å². The maximum Gasteiger partial charge on any atom is 0.252 e. The van der Waals surface area contributed by atoms with Gasteiger partial charge in [-0.05, 0) is 18.6 Å². The van der Waals surface area contributed by atoms with Gasteiger partial charge in [0, 0.05) is 6.54 Å². The highest BCUT2D eigenvalue weighted by Gasteiger charge is 2.07. The summed E-state index contributed by atoms with van der Waals surface area (Å²) in [5.74, 6) is -0.0660. The number of unbranched alkanes of at least 4 members (excludes halogenated alkanes) is 11. The average molecular weight is 352 g/mol. The van der Waals surface area contributed by atoms with Crippen molar-refractivity contribution in [1.29, 1.82) is 0 Å². The molecule has 0 aliphatic rings. The van der Waals surface area contributed by atoms with Gasteiger partial charge in [-0.25, -0.2) is 0 Å². The molecule has 0 radical (unpaired) electrons. The summed E-state index contributed by atoms with van der Waals surface area (Å²) in [5.41, 5.74) is 0.568. The summed E-state index contributed by atoms with van der Waals surface area (Å²) in [6.07, 6.45) is 16.0. The Kier molecular flexibility index (Phi) is 12.6. The lowest BCUT2D eigenvalue weighted by Crippen LogP contribution is -2.24. The molecule has 0 aliphatic heterocycles. The molecule has 0 heterocycles. The quantitative estimate of drug-likeness (QED) is 0.368. The zero-order valence-electron chi connectivity index (χ0n) is 15.3. The molecule has 0 atom stereocenters. The van der Waals surface area contributed by atoms with Crippen LogP contribution >= 0.6 is 11.6 Å². The van der Waals surface area contributed by atoms with E-state index in [0.29, 0.717) is 10.6 Å². The van der Waals surface area contributed by atoms with Crippen LogP contribution in [0.3, 0.4) is 0 Å². The molecule has 24 heavy (non-hydrogen) atoms. The Hall–Kier alpha value is -1.02. The minimum absolute atomic E-state index is 0.0660. The molecule has 0 saturated heterocycles. The number of amides is 1. The summed E-state index contributed by atoms with van der Waals surface area (Å²) in [6.45, 7) is 3.00. The summed E-state index contributed by atoms with van der Waals surface area (Å²) < 4.78 is 0. The van der Waals surface area contributed by atoms with Gasteiger partial charge in [0.25, 0.3) is 5.91 Å². The lowest BCUT2D eigenvalue weighted by Gasteiger charge is -2.06. The molecule has 0 bridgehead atoms. The van der Waals surface area contributed by atoms with E-state index in [2.05, 4.69) is 12.2 Å². The van der Waals surface area contributed by atoms with Crippen LogP contribution in [0.1, 0.15) is 94.3 Å². The van der Waals surface area contributed by atoms with Crippen molar-refractivity contribution < 1.29 is 4.79 Å². The highest BCUT2D eigenvalue weighted by Crippen LogP contribution is 2.15. The van der Waals surface area contributed by atoms with Crippen LogP contribution in [0.4, 0.5) is 0 Å². The van der Waals surface area contributed by atoms with Gasteiger partial charge in [0.15, 0.2) is 0 Å². The van der Waals surface area contributed by atoms with Crippen molar-refractivity contribution in [1.82, 2.24) is 5.32 Å². The van der Waals surface area contributed by atoms with Crippen LogP contribution in [0, 0.1) is 0 Å². The smallest absolute Gasteiger partial charge is 0.252 e. The van der Waals surface area contributed by atoms with E-state index in [1.54, 1.807) is 12.1 Å². The molecule has 0 spiro atoms. The summed E-state index contributed by atoms with van der Waals surface area (Å²) in [5, 5.41) is 3.47. The van der Waals surface area contributed by atoms with Crippen molar-refractivity contribution in [2.75, 3.05) is 6.54 Å². The third-order valence-electron chi connectivity index (χ3n) is 4.43. The molecular formula is C21H34ClNO. The minimum atomic E-state index is -0.0660. The topological polar surface area (TPSA) is 29.1 Å². The first-order valence-electron chi connectivity index (χ1n) is 9.78. The van der Waals surface area contributed by atoms with Gasteiger partial charge in [-0.15, -0.1) is 0 Å². The molecule has 1 aromatic carbocycles. The fourth-order valence-electron chi connectivity index (χ4n) is 2.91. The molecule has 136 valence electrons. The van der Waals surface area contributed by atoms with Crippen molar-refractivity contribution in [2.45, 2.75) is 84.0 Å². The van der Waals surface area contributed by atoms with Crippen LogP contribution in [0.2, 0.25) is 5.02 Å². The maximum atomic E-state index is 12.0. The Morgan fingerprint density at radius 3 is 1.88 bits per heavy atom. The molecule has 1 N–H and O–H groups in total. The third-order valence-corrected chi connectivity index (χ3v) is 4.76. The standard InChI is InChI=1S/C21H34ClNO/c1-2-3-4-5-6-7-8-9-10-11-12-15-18-23-21(24)19-16-13-14-17-20(19)22/h13-14,16-17H,2-12,15,18H2,1H3,(H,23,24). The molecule has 3 heteroatoms. The first kappa shape index (κ1) is 21.0. The lowest BCUT2D eigenvalue weighted by molar-refractivity contribution is 0.0953. The van der Waals surface area contributed by atoms with Crippen molar-refractivity contribution in [2.24, 2.45) is 0 Å². The van der Waals surface area contributed by atoms with Crippen molar-refractivity contribution >= 4 is 17.5 Å². The Balaban J connectivity index is 1.89. The van der Waals surface area contributed by atoms with Gasteiger partial charge in [0.1, 0.15) is 0 Å². The van der Waals surface area contributed by atoms with Crippen LogP contribution < -0.4 is 5.32 Å². The highest BCUT2D eigenvalue weighted by molar-refractivity contribution is 6.33. The molecule has 0 aromatic heterocycles. The largest absolute Gasteiger partial charge is 0.352 e. The first-order valence-corrected chi connectivity index (χ1v) is 10.2. The molecule has 0 aliphatic carbocycles. The summed E-state index contributed by atoms with van der Waals surface area (Å²) >= 11 is 6.02. The summed E-state index contributed by atoms with van der Waals surface area (Å²) in [7, 11) is 0. The third kappa shape index (κ3) is 9.97. The second-order valence-corrected chi connectivity index (χ2v) is 7.03. The van der Waals surface area contributed by atoms with Gasteiger partial charge in [0.05, 0.1) is 10.6 Å². The number of carbonyl (C=O) groups excluding carboxylic acids is 1. The SMILES string of the molecule is CCCCCCCCCCCCCCNC(=O)c1ccccc1Cl. The number of carbonyl (C=O) groups is 1. The summed E-state index contributed by atoms with van der Waals surface area (Å²) in [4.78, 5) is 12.0. The molecule has 1 aromatic rings. The molecular weight excluding hydrogens is 318 g/mol. The van der Waals surface area contributed by atoms with Gasteiger partial charge < -0.3 is 5.32 Å². The lowest BCUT2D eigenvalue weighted by atomic mass is 10.1. The molecule has 0 fully saturated rings. The van der Waals surface area contributed by atoms with Crippen molar-refractivity contribution in [3.63, 3.8) is 0 Å². The van der Waals surface area contributed by atoms with Crippen LogP contribution in [-0.4, -0.2) is 12.5 Å². The van der Waals surface area contributed by atoms with E-state index in [9.17, 15) is 4.79 Å². The van der Waals surface area contributed by atoms with Gasteiger partial charge >= 0.3 is 0 Å². The Morgan fingerprint density at radius 1 is 0.833 bits per heavy atom. The van der Waals surface area contributed by atoms with Crippen LogP contribution in [0.15, 0.2) is 24.3 Å². The maximum absolute atomic E-state index is 12.0. The van der Waals surface area contributed by atoms with E-state index < -0.39 is 0 Å². The highest BCUT2D eigenvalue weighted by atomic mass is 35.5. The molecule has 1 amide bonds. The monoisotopic (exact) mass is 351 g/mol. The van der Waals surface area contributed by atoms with E-state index in [1.807, 2.05) is 12.1 Å². The summed E-state index contributed by atoms with van der Waals surface area (Å²) in [6, 6.07) is 7.19. The van der Waals surface area contributed by atoms with Crippen LogP contribution in [0.5, 0.6) is 0 Å². The normalized spacial score (nSPS) is 10.8. The molecule has 1 rings (SSSR count). The van der Waals surface area contributed by atoms with Gasteiger partial charge in [-0.2, -0.15) is 0 Å². The van der Waals surface area contributed by atoms with Crippen molar-refractivity contribution in [3.8, 4) is 0 Å². The van der Waals surface area contributed by atoms with E-state index in [0.717, 1.165) is 13.0 Å². The van der Waals surface area contributed by atoms with Gasteiger partial charge in [-0.1, -0.05) is 101 Å². The minimum Gasteiger partial charge on any atom is -0.352 e. The Labute approximate surface area is 153 Å².